The van der Waals surface area contributed by atoms with Gasteiger partial charge < -0.3 is 5.32 Å². The zero-order valence-corrected chi connectivity index (χ0v) is 10.9. The van der Waals surface area contributed by atoms with Crippen molar-refractivity contribution in [1.29, 1.82) is 0 Å². The number of hydrogen-bond donors (Lipinski definition) is 1. The zero-order chi connectivity index (χ0) is 12.5. The van der Waals surface area contributed by atoms with Crippen LogP contribution in [0.15, 0.2) is 23.4 Å². The molecule has 1 aliphatic rings. The molecule has 0 aliphatic carbocycles. The summed E-state index contributed by atoms with van der Waals surface area (Å²) in [5.74, 6) is 0. The molecule has 2 rings (SSSR count). The van der Waals surface area contributed by atoms with Crippen LogP contribution < -0.4 is 5.32 Å². The van der Waals surface area contributed by atoms with Gasteiger partial charge in [-0.3, -0.25) is 0 Å². The minimum Gasteiger partial charge on any atom is -0.314 e. The molecule has 5 nitrogen and oxygen atoms in total. The van der Waals surface area contributed by atoms with Crippen molar-refractivity contribution in [1.82, 2.24) is 14.6 Å². The van der Waals surface area contributed by atoms with Gasteiger partial charge >= 0.3 is 0 Å². The van der Waals surface area contributed by atoms with Gasteiger partial charge in [-0.15, -0.1) is 0 Å². The Morgan fingerprint density at radius 3 is 2.94 bits per heavy atom. The lowest BCUT2D eigenvalue weighted by Crippen LogP contribution is -2.52. The van der Waals surface area contributed by atoms with Gasteiger partial charge in [-0.25, -0.2) is 13.4 Å². The van der Waals surface area contributed by atoms with Gasteiger partial charge in [0.05, 0.1) is 0 Å². The molecule has 0 unspecified atom stereocenters. The predicted molar refractivity (Wildman–Crippen MR) is 65.2 cm³/mol. The summed E-state index contributed by atoms with van der Waals surface area (Å²) >= 11 is 0. The molecule has 0 spiro atoms. The van der Waals surface area contributed by atoms with E-state index >= 15 is 0 Å². The highest BCUT2D eigenvalue weighted by molar-refractivity contribution is 7.89. The molecule has 1 saturated heterocycles. The van der Waals surface area contributed by atoms with Crippen molar-refractivity contribution in [3.05, 3.63) is 23.9 Å². The number of nitrogens with one attached hydrogen (secondary N) is 1. The van der Waals surface area contributed by atoms with Crippen molar-refractivity contribution < 1.29 is 8.42 Å². The Hall–Kier alpha value is -0.980. The van der Waals surface area contributed by atoms with E-state index in [-0.39, 0.29) is 11.1 Å². The number of sulfonamides is 1. The first-order chi connectivity index (χ1) is 8.01. The van der Waals surface area contributed by atoms with Gasteiger partial charge in [0.2, 0.25) is 0 Å². The second-order valence-electron chi connectivity index (χ2n) is 4.34. The van der Waals surface area contributed by atoms with Crippen LogP contribution in [0.5, 0.6) is 0 Å². The van der Waals surface area contributed by atoms with Crippen LogP contribution >= 0.6 is 0 Å². The summed E-state index contributed by atoms with van der Waals surface area (Å²) in [7, 11) is -3.45. The van der Waals surface area contributed by atoms with Crippen molar-refractivity contribution in [3.8, 4) is 0 Å². The van der Waals surface area contributed by atoms with E-state index in [1.807, 2.05) is 13.8 Å². The van der Waals surface area contributed by atoms with Crippen LogP contribution in [0.25, 0.3) is 0 Å². The Morgan fingerprint density at radius 1 is 1.53 bits per heavy atom. The zero-order valence-electron chi connectivity index (χ0n) is 10.0. The number of hydrogen-bond acceptors (Lipinski definition) is 4. The summed E-state index contributed by atoms with van der Waals surface area (Å²) in [6, 6.07) is 3.38. The van der Waals surface area contributed by atoms with Gasteiger partial charge in [0.25, 0.3) is 10.0 Å². The van der Waals surface area contributed by atoms with Crippen molar-refractivity contribution in [3.63, 3.8) is 0 Å². The van der Waals surface area contributed by atoms with Gasteiger partial charge in [0.1, 0.15) is 0 Å². The highest BCUT2D eigenvalue weighted by Crippen LogP contribution is 2.17. The lowest BCUT2D eigenvalue weighted by molar-refractivity contribution is 0.283. The first-order valence-electron chi connectivity index (χ1n) is 5.67. The van der Waals surface area contributed by atoms with Crippen LogP contribution in [0, 0.1) is 6.92 Å². The number of pyridine rings is 1. The molecule has 6 heteroatoms. The molecule has 0 radical (unpaired) electrons. The van der Waals surface area contributed by atoms with Gasteiger partial charge in [-0.2, -0.15) is 4.31 Å². The van der Waals surface area contributed by atoms with E-state index in [4.69, 9.17) is 0 Å². The van der Waals surface area contributed by atoms with Gasteiger partial charge in [-0.05, 0) is 31.5 Å². The van der Waals surface area contributed by atoms with E-state index < -0.39 is 10.0 Å². The molecule has 94 valence electrons. The van der Waals surface area contributed by atoms with Crippen LogP contribution in [0.3, 0.4) is 0 Å². The largest absolute Gasteiger partial charge is 0.314 e. The van der Waals surface area contributed by atoms with E-state index in [1.165, 1.54) is 10.5 Å². The minimum atomic E-state index is -3.45. The molecule has 1 aliphatic heterocycles. The lowest BCUT2D eigenvalue weighted by Gasteiger charge is -2.32. The fourth-order valence-electron chi connectivity index (χ4n) is 1.95. The molecule has 17 heavy (non-hydrogen) atoms. The lowest BCUT2D eigenvalue weighted by atomic mass is 10.3. The molecule has 1 N–H and O–H groups in total. The van der Waals surface area contributed by atoms with E-state index in [2.05, 4.69) is 10.3 Å². The third-order valence-electron chi connectivity index (χ3n) is 2.90. The fraction of sp³-hybridized carbons (Fsp3) is 0.545. The van der Waals surface area contributed by atoms with Gasteiger partial charge in [-0.1, -0.05) is 0 Å². The van der Waals surface area contributed by atoms with Crippen LogP contribution in [-0.4, -0.2) is 43.4 Å². The van der Waals surface area contributed by atoms with Gasteiger partial charge in [0, 0.05) is 31.9 Å². The Morgan fingerprint density at radius 2 is 2.29 bits per heavy atom. The molecule has 0 aromatic carbocycles. The van der Waals surface area contributed by atoms with Crippen molar-refractivity contribution >= 4 is 10.0 Å². The average molecular weight is 255 g/mol. The van der Waals surface area contributed by atoms with E-state index in [0.29, 0.717) is 19.6 Å². The molecule has 1 aromatic rings. The third-order valence-corrected chi connectivity index (χ3v) is 4.82. The molecule has 1 atom stereocenters. The molecular formula is C11H17N3O2S. The summed E-state index contributed by atoms with van der Waals surface area (Å²) < 4.78 is 26.3. The third kappa shape index (κ3) is 2.48. The number of aryl methyl sites for hydroxylation is 1. The SMILES string of the molecule is Cc1ccnc(S(=O)(=O)N2CCNC[C@@H]2C)c1. The van der Waals surface area contributed by atoms with E-state index in [0.717, 1.165) is 5.56 Å². The maximum absolute atomic E-state index is 12.4. The standard InChI is InChI=1S/C11H17N3O2S/c1-9-3-4-13-11(7-9)17(15,16)14-6-5-12-8-10(14)2/h3-4,7,10,12H,5-6,8H2,1-2H3/t10-/m0/s1. The first kappa shape index (κ1) is 12.5. The summed E-state index contributed by atoms with van der Waals surface area (Å²) in [6.07, 6.45) is 1.54. The number of aromatic nitrogens is 1. The molecule has 1 aromatic heterocycles. The molecule has 1 fully saturated rings. The first-order valence-corrected chi connectivity index (χ1v) is 7.11. The van der Waals surface area contributed by atoms with Gasteiger partial charge in [0.15, 0.2) is 5.03 Å². The number of piperazine rings is 1. The van der Waals surface area contributed by atoms with Crippen LogP contribution in [-0.2, 0) is 10.0 Å². The topological polar surface area (TPSA) is 62.3 Å². The Labute approximate surface area is 102 Å². The normalized spacial score (nSPS) is 22.6. The molecular weight excluding hydrogens is 238 g/mol. The molecule has 0 bridgehead atoms. The van der Waals surface area contributed by atoms with E-state index in [1.54, 1.807) is 12.1 Å². The summed E-state index contributed by atoms with van der Waals surface area (Å²) in [5.41, 5.74) is 0.904. The second kappa shape index (κ2) is 4.72. The summed E-state index contributed by atoms with van der Waals surface area (Å²) in [4.78, 5) is 3.97. The molecule has 0 amide bonds. The maximum atomic E-state index is 12.4. The summed E-state index contributed by atoms with van der Waals surface area (Å²) in [6.45, 7) is 5.64. The molecule has 2 heterocycles. The van der Waals surface area contributed by atoms with Crippen molar-refractivity contribution in [2.75, 3.05) is 19.6 Å². The number of nitrogens with zero attached hydrogens (tertiary/aromatic N) is 2. The Balaban J connectivity index is 2.35. The smallest absolute Gasteiger partial charge is 0.260 e. The maximum Gasteiger partial charge on any atom is 0.260 e. The predicted octanol–water partition coefficient (Wildman–Crippen LogP) is 0.372. The van der Waals surface area contributed by atoms with Crippen molar-refractivity contribution in [2.45, 2.75) is 24.9 Å². The van der Waals surface area contributed by atoms with Crippen molar-refractivity contribution in [2.24, 2.45) is 0 Å². The number of rotatable bonds is 2. The second-order valence-corrected chi connectivity index (χ2v) is 6.18. The highest BCUT2D eigenvalue weighted by atomic mass is 32.2. The van der Waals surface area contributed by atoms with Crippen LogP contribution in [0.4, 0.5) is 0 Å². The quantitative estimate of drug-likeness (QED) is 0.829. The Kier molecular flexibility index (Phi) is 3.46. The fourth-order valence-corrected chi connectivity index (χ4v) is 3.60. The van der Waals surface area contributed by atoms with E-state index in [9.17, 15) is 8.42 Å². The van der Waals surface area contributed by atoms with Crippen LogP contribution in [0.1, 0.15) is 12.5 Å². The monoisotopic (exact) mass is 255 g/mol. The highest BCUT2D eigenvalue weighted by Gasteiger charge is 2.31. The Bertz CT molecular complexity index is 501. The van der Waals surface area contributed by atoms with Crippen LogP contribution in [0.2, 0.25) is 0 Å². The average Bonchev–Trinajstić information content (AvgIpc) is 2.29. The summed E-state index contributed by atoms with van der Waals surface area (Å²) in [5, 5.41) is 3.32. The minimum absolute atomic E-state index is 0.0314. The molecule has 0 saturated carbocycles.